The first kappa shape index (κ1) is 21.7. The Labute approximate surface area is 176 Å². The molecule has 1 atom stereocenters. The van der Waals surface area contributed by atoms with E-state index in [2.05, 4.69) is 10.3 Å². The Bertz CT molecular complexity index is 1170. The molecule has 0 aliphatic rings. The summed E-state index contributed by atoms with van der Waals surface area (Å²) in [4.78, 5) is 29.9. The van der Waals surface area contributed by atoms with Gasteiger partial charge in [0.15, 0.2) is 0 Å². The average Bonchev–Trinajstić information content (AvgIpc) is 2.59. The van der Waals surface area contributed by atoms with Crippen LogP contribution in [0, 0.1) is 11.6 Å². The van der Waals surface area contributed by atoms with Crippen molar-refractivity contribution in [3.8, 4) is 5.69 Å². The fourth-order valence-corrected chi connectivity index (χ4v) is 3.16. The molecule has 2 aromatic carbocycles. The number of hydrogen-bond acceptors (Lipinski definition) is 4. The Kier molecular flexibility index (Phi) is 5.81. The molecule has 3 rings (SSSR count). The van der Waals surface area contributed by atoms with Crippen molar-refractivity contribution in [1.29, 1.82) is 0 Å². The van der Waals surface area contributed by atoms with Gasteiger partial charge < -0.3 is 10.1 Å². The molecule has 0 aliphatic heterocycles. The largest absolute Gasteiger partial charge is 0.444 e. The number of aromatic nitrogens is 2. The van der Waals surface area contributed by atoms with E-state index in [1.54, 1.807) is 39.8 Å². The number of para-hydroxylation sites is 1. The molecule has 9 heteroatoms. The van der Waals surface area contributed by atoms with Crippen LogP contribution >= 0.6 is 11.6 Å². The Morgan fingerprint density at radius 1 is 1.20 bits per heavy atom. The van der Waals surface area contributed by atoms with Gasteiger partial charge in [0.1, 0.15) is 23.1 Å². The molecule has 0 saturated heterocycles. The highest BCUT2D eigenvalue weighted by Crippen LogP contribution is 2.24. The number of nitrogens with zero attached hydrogens (tertiary/aromatic N) is 2. The lowest BCUT2D eigenvalue weighted by Gasteiger charge is -2.23. The van der Waals surface area contributed by atoms with Crippen LogP contribution in [0.2, 0.25) is 5.02 Å². The van der Waals surface area contributed by atoms with E-state index >= 15 is 0 Å². The van der Waals surface area contributed by atoms with E-state index in [1.165, 1.54) is 6.07 Å². The van der Waals surface area contributed by atoms with Crippen molar-refractivity contribution in [2.75, 3.05) is 0 Å². The van der Waals surface area contributed by atoms with Crippen LogP contribution in [0.15, 0.2) is 41.2 Å². The molecule has 0 spiro atoms. The molecular weight excluding hydrogens is 416 g/mol. The van der Waals surface area contributed by atoms with Crippen LogP contribution in [-0.2, 0) is 4.74 Å². The predicted molar refractivity (Wildman–Crippen MR) is 110 cm³/mol. The van der Waals surface area contributed by atoms with Crippen LogP contribution in [0.25, 0.3) is 16.6 Å². The molecule has 6 nitrogen and oxygen atoms in total. The number of hydrogen-bond donors (Lipinski definition) is 1. The summed E-state index contributed by atoms with van der Waals surface area (Å²) >= 11 is 6.20. The summed E-state index contributed by atoms with van der Waals surface area (Å²) in [6.45, 7) is 6.69. The van der Waals surface area contributed by atoms with Gasteiger partial charge in [-0.05, 0) is 52.0 Å². The number of halogens is 3. The number of fused-ring (bicyclic) bond motifs is 1. The van der Waals surface area contributed by atoms with Crippen molar-refractivity contribution >= 4 is 28.6 Å². The Morgan fingerprint density at radius 2 is 1.83 bits per heavy atom. The smallest absolute Gasteiger partial charge is 0.408 e. The summed E-state index contributed by atoms with van der Waals surface area (Å²) in [5.74, 6) is -1.68. The number of carbonyl (C=O) groups excluding carboxylic acids is 1. The summed E-state index contributed by atoms with van der Waals surface area (Å²) in [7, 11) is 0. The van der Waals surface area contributed by atoms with Crippen molar-refractivity contribution < 1.29 is 18.3 Å². The van der Waals surface area contributed by atoms with Gasteiger partial charge in [-0.25, -0.2) is 18.6 Å². The van der Waals surface area contributed by atoms with Gasteiger partial charge >= 0.3 is 6.09 Å². The summed E-state index contributed by atoms with van der Waals surface area (Å²) in [5, 5.41) is 2.99. The number of ether oxygens (including phenoxy) is 1. The van der Waals surface area contributed by atoms with Crippen LogP contribution in [0.5, 0.6) is 0 Å². The molecule has 0 bridgehead atoms. The Morgan fingerprint density at radius 3 is 2.43 bits per heavy atom. The van der Waals surface area contributed by atoms with Gasteiger partial charge in [0, 0.05) is 6.07 Å². The zero-order chi connectivity index (χ0) is 22.2. The maximum atomic E-state index is 13.9. The fourth-order valence-electron chi connectivity index (χ4n) is 2.95. The van der Waals surface area contributed by atoms with Gasteiger partial charge in [-0.15, -0.1) is 0 Å². The van der Waals surface area contributed by atoms with Gasteiger partial charge in [-0.1, -0.05) is 17.7 Å². The highest BCUT2D eigenvalue weighted by atomic mass is 35.5. The number of benzene rings is 2. The van der Waals surface area contributed by atoms with E-state index in [1.807, 2.05) is 0 Å². The van der Waals surface area contributed by atoms with Gasteiger partial charge in [0.05, 0.1) is 27.7 Å². The van der Waals surface area contributed by atoms with Gasteiger partial charge in [0.25, 0.3) is 5.56 Å². The second kappa shape index (κ2) is 8.02. The normalized spacial score (nSPS) is 12.6. The van der Waals surface area contributed by atoms with Gasteiger partial charge in [-0.2, -0.15) is 0 Å². The standard InChI is InChI=1S/C21H20ClF2N3O3/c1-11(25-20(29)30-21(2,3)4)18-26-17-15(6-5-7-16(17)22)19(28)27(18)14-9-12(23)8-13(24)10-14/h5-11H,1-4H3,(H,25,29)/t11-/m0/s1. The molecule has 158 valence electrons. The minimum Gasteiger partial charge on any atom is -0.444 e. The van der Waals surface area contributed by atoms with Crippen molar-refractivity contribution in [2.45, 2.75) is 39.3 Å². The van der Waals surface area contributed by atoms with Crippen LogP contribution < -0.4 is 10.9 Å². The lowest BCUT2D eigenvalue weighted by atomic mass is 10.2. The van der Waals surface area contributed by atoms with Crippen molar-refractivity contribution in [2.24, 2.45) is 0 Å². The zero-order valence-corrected chi connectivity index (χ0v) is 17.6. The highest BCUT2D eigenvalue weighted by molar-refractivity contribution is 6.35. The molecule has 1 amide bonds. The van der Waals surface area contributed by atoms with Crippen molar-refractivity contribution in [1.82, 2.24) is 14.9 Å². The summed E-state index contributed by atoms with van der Waals surface area (Å²) in [6, 6.07) is 6.52. The monoisotopic (exact) mass is 435 g/mol. The first-order chi connectivity index (χ1) is 14.0. The lowest BCUT2D eigenvalue weighted by molar-refractivity contribution is 0.0505. The molecular formula is C21H20ClF2N3O3. The SMILES string of the molecule is C[C@H](NC(=O)OC(C)(C)C)c1nc2c(Cl)cccc2c(=O)n1-c1cc(F)cc(F)c1. The number of alkyl carbamates (subject to hydrolysis) is 1. The third-order valence-corrected chi connectivity index (χ3v) is 4.41. The maximum absolute atomic E-state index is 13.9. The highest BCUT2D eigenvalue weighted by Gasteiger charge is 2.23. The van der Waals surface area contributed by atoms with E-state index in [4.69, 9.17) is 16.3 Å². The van der Waals surface area contributed by atoms with Crippen LogP contribution in [0.4, 0.5) is 13.6 Å². The van der Waals surface area contributed by atoms with E-state index in [-0.39, 0.29) is 27.4 Å². The lowest BCUT2D eigenvalue weighted by Crippen LogP contribution is -2.37. The molecule has 0 saturated carbocycles. The molecule has 3 aromatic rings. The number of nitrogens with one attached hydrogen (secondary N) is 1. The summed E-state index contributed by atoms with van der Waals surface area (Å²) in [5.41, 5.74) is -1.18. The third kappa shape index (κ3) is 4.59. The van der Waals surface area contributed by atoms with E-state index in [0.29, 0.717) is 6.07 Å². The summed E-state index contributed by atoms with van der Waals surface area (Å²) in [6.07, 6.45) is -0.736. The predicted octanol–water partition coefficient (Wildman–Crippen LogP) is 4.90. The average molecular weight is 436 g/mol. The van der Waals surface area contributed by atoms with Gasteiger partial charge in [0.2, 0.25) is 0 Å². The van der Waals surface area contributed by atoms with Crippen LogP contribution in [0.1, 0.15) is 39.6 Å². The van der Waals surface area contributed by atoms with E-state index < -0.39 is 34.9 Å². The van der Waals surface area contributed by atoms with Crippen LogP contribution in [0.3, 0.4) is 0 Å². The van der Waals surface area contributed by atoms with Crippen molar-refractivity contribution in [3.05, 3.63) is 69.2 Å². The minimum atomic E-state index is -0.859. The molecule has 1 aromatic heterocycles. The minimum absolute atomic E-state index is 0.0384. The zero-order valence-electron chi connectivity index (χ0n) is 16.8. The molecule has 0 aliphatic carbocycles. The first-order valence-electron chi connectivity index (χ1n) is 9.13. The number of rotatable bonds is 3. The van der Waals surface area contributed by atoms with Crippen molar-refractivity contribution in [3.63, 3.8) is 0 Å². The maximum Gasteiger partial charge on any atom is 0.408 e. The Hall–Kier alpha value is -3.00. The molecule has 30 heavy (non-hydrogen) atoms. The third-order valence-electron chi connectivity index (χ3n) is 4.10. The summed E-state index contributed by atoms with van der Waals surface area (Å²) < 4.78 is 34.0. The number of carbonyl (C=O) groups is 1. The fraction of sp³-hybridized carbons (Fsp3) is 0.286. The number of amides is 1. The molecule has 0 unspecified atom stereocenters. The van der Waals surface area contributed by atoms with Crippen LogP contribution in [-0.4, -0.2) is 21.2 Å². The molecule has 0 radical (unpaired) electrons. The molecule has 1 N–H and O–H groups in total. The first-order valence-corrected chi connectivity index (χ1v) is 9.51. The second-order valence-corrected chi connectivity index (χ2v) is 8.15. The van der Waals surface area contributed by atoms with E-state index in [0.717, 1.165) is 16.7 Å². The quantitative estimate of drug-likeness (QED) is 0.634. The van der Waals surface area contributed by atoms with Gasteiger partial charge in [-0.3, -0.25) is 9.36 Å². The van der Waals surface area contributed by atoms with E-state index in [9.17, 15) is 18.4 Å². The Balaban J connectivity index is 2.22. The molecule has 0 fully saturated rings. The molecule has 1 heterocycles. The second-order valence-electron chi connectivity index (χ2n) is 7.74. The topological polar surface area (TPSA) is 73.2 Å².